The van der Waals surface area contributed by atoms with Crippen LogP contribution in [0, 0.1) is 11.8 Å². The van der Waals surface area contributed by atoms with Crippen molar-refractivity contribution < 1.29 is 47.8 Å². The minimum absolute atomic E-state index is 0. The van der Waals surface area contributed by atoms with Crippen LogP contribution in [0.5, 0.6) is 0 Å². The second-order valence-corrected chi connectivity index (χ2v) is 15.0. The molecule has 6 atom stereocenters. The number of hydrogen-bond acceptors (Lipinski definition) is 3. The number of nitrogens with one attached hydrogen (secondary N) is 2. The van der Waals surface area contributed by atoms with Crippen LogP contribution < -0.4 is 36.1 Å². The summed E-state index contributed by atoms with van der Waals surface area (Å²) in [6, 6.07) is 9.42. The Morgan fingerprint density at radius 3 is 1.56 bits per heavy atom. The Balaban J connectivity index is 0.000000295. The Labute approximate surface area is 284 Å². The van der Waals surface area contributed by atoms with Crippen molar-refractivity contribution in [2.45, 2.75) is 94.8 Å². The topological polar surface area (TPSA) is 50.1 Å². The van der Waals surface area contributed by atoms with Gasteiger partial charge in [0.2, 0.25) is 0 Å². The van der Waals surface area contributed by atoms with Crippen molar-refractivity contribution in [3.8, 4) is 0 Å². The molecule has 0 spiro atoms. The van der Waals surface area contributed by atoms with Gasteiger partial charge in [0.05, 0.1) is 0 Å². The zero-order valence-electron chi connectivity index (χ0n) is 23.8. The molecule has 0 heterocycles. The van der Waals surface area contributed by atoms with Crippen molar-refractivity contribution in [1.82, 2.24) is 10.6 Å². The van der Waals surface area contributed by atoms with Crippen molar-refractivity contribution in [2.75, 3.05) is 4.43 Å². The molecular weight excluding hydrogens is 839 g/mol. The number of halogens is 10. The van der Waals surface area contributed by atoms with E-state index < -0.39 is 24.4 Å². The summed E-state index contributed by atoms with van der Waals surface area (Å²) in [5, 5.41) is 5.67. The van der Waals surface area contributed by atoms with Crippen LogP contribution in [0.3, 0.4) is 0 Å². The van der Waals surface area contributed by atoms with E-state index in [0.717, 1.165) is 64.7 Å². The van der Waals surface area contributed by atoms with Gasteiger partial charge in [0.25, 0.3) is 0 Å². The summed E-state index contributed by atoms with van der Waals surface area (Å²) in [5.74, 6) is 0.989. The molecule has 0 radical (unpaired) electrons. The van der Waals surface area contributed by atoms with E-state index in [2.05, 4.69) is 49.4 Å². The molecule has 2 aromatic carbocycles. The molecule has 4 rings (SSSR count). The van der Waals surface area contributed by atoms with Gasteiger partial charge in [0.15, 0.2) is 0 Å². The van der Waals surface area contributed by atoms with Gasteiger partial charge >= 0.3 is 155 Å². The average molecular weight is 879 g/mol. The molecule has 0 unspecified atom stereocenters. The fourth-order valence-electron chi connectivity index (χ4n) is 5.84. The molecule has 3 nitrogen and oxygen atoms in total. The molecular formula is C30H40Br2ClF6IN3-. The van der Waals surface area contributed by atoms with Gasteiger partial charge < -0.3 is 0 Å². The summed E-state index contributed by atoms with van der Waals surface area (Å²) in [6.45, 7) is 2.11. The zero-order chi connectivity index (χ0) is 30.9. The van der Waals surface area contributed by atoms with E-state index in [-0.39, 0.29) is 57.1 Å². The van der Waals surface area contributed by atoms with Gasteiger partial charge in [-0.1, -0.05) is 47.8 Å². The fraction of sp³-hybridized carbons (Fsp3) is 0.600. The van der Waals surface area contributed by atoms with E-state index >= 15 is 0 Å². The summed E-state index contributed by atoms with van der Waals surface area (Å²) >= 11 is 6.22. The number of rotatable bonds is 8. The van der Waals surface area contributed by atoms with Gasteiger partial charge in [0, 0.05) is 10.5 Å². The van der Waals surface area contributed by atoms with E-state index in [0.29, 0.717) is 11.8 Å². The Bertz CT molecular complexity index is 1070. The van der Waals surface area contributed by atoms with E-state index in [1.807, 2.05) is 0 Å². The number of benzene rings is 2. The molecule has 246 valence electrons. The molecule has 4 N–H and O–H groups in total. The van der Waals surface area contributed by atoms with Gasteiger partial charge in [-0.25, -0.2) is 0 Å². The third kappa shape index (κ3) is 13.3. The third-order valence-electron chi connectivity index (χ3n) is 7.89. The maximum atomic E-state index is 13.4. The molecule has 2 aliphatic carbocycles. The Morgan fingerprint density at radius 1 is 0.744 bits per heavy atom. The van der Waals surface area contributed by atoms with Gasteiger partial charge in [-0.2, -0.15) is 13.2 Å². The summed E-state index contributed by atoms with van der Waals surface area (Å²) in [6.07, 6.45) is -1.09. The predicted octanol–water partition coefficient (Wildman–Crippen LogP) is 6.81. The number of hydrogen-bond donors (Lipinski definition) is 3. The first-order valence-corrected chi connectivity index (χ1v) is 18.6. The van der Waals surface area contributed by atoms with Gasteiger partial charge in [0.1, 0.15) is 6.04 Å². The second-order valence-electron chi connectivity index (χ2n) is 11.4. The van der Waals surface area contributed by atoms with Crippen molar-refractivity contribution in [1.29, 1.82) is 0 Å². The normalized spacial score (nSPS) is 24.3. The second kappa shape index (κ2) is 18.3. The molecule has 0 aliphatic heterocycles. The molecule has 13 heteroatoms. The van der Waals surface area contributed by atoms with Crippen LogP contribution >= 0.6 is 44.3 Å². The van der Waals surface area contributed by atoms with Crippen LogP contribution in [0.25, 0.3) is 0 Å². The first-order chi connectivity index (χ1) is 19.8. The van der Waals surface area contributed by atoms with E-state index in [1.165, 1.54) is 24.3 Å². The molecule has 2 fully saturated rings. The van der Waals surface area contributed by atoms with Crippen LogP contribution in [0.1, 0.15) is 81.5 Å². The number of alkyl halides is 7. The first kappa shape index (κ1) is 39.1. The Morgan fingerprint density at radius 2 is 1.16 bits per heavy atom. The summed E-state index contributed by atoms with van der Waals surface area (Å²) in [4.78, 5) is 0. The van der Waals surface area contributed by atoms with E-state index in [4.69, 9.17) is 3.95 Å². The van der Waals surface area contributed by atoms with Crippen LogP contribution in [0.2, 0.25) is 0 Å². The predicted molar refractivity (Wildman–Crippen MR) is 166 cm³/mol. The summed E-state index contributed by atoms with van der Waals surface area (Å²) in [5.41, 5.74) is 0.544. The van der Waals surface area contributed by atoms with Gasteiger partial charge in [-0.3, -0.25) is 5.32 Å². The molecule has 2 aliphatic rings. The zero-order valence-corrected chi connectivity index (χ0v) is 30.0. The first-order valence-electron chi connectivity index (χ1n) is 14.2. The molecule has 0 amide bonds. The third-order valence-corrected chi connectivity index (χ3v) is 10.7. The Hall–Kier alpha value is -0.120. The van der Waals surface area contributed by atoms with Crippen LogP contribution in [-0.4, -0.2) is 28.9 Å². The summed E-state index contributed by atoms with van der Waals surface area (Å²) < 4.78 is 88.4. The minimum atomic E-state index is -4.29. The molecule has 2 aromatic rings. The van der Waals surface area contributed by atoms with Crippen molar-refractivity contribution in [2.24, 2.45) is 15.8 Å². The molecule has 0 saturated heterocycles. The Kier molecular flexibility index (Phi) is 16.6. The van der Waals surface area contributed by atoms with Crippen LogP contribution in [0.4, 0.5) is 26.3 Å². The SMILES string of the molecule is C[C@@H]1CCC[C@H](N[C@H](c2ccc(Br)cc2)C(F)(F)F)C1.Cl.N[I-]C[C@@H]1CCC[C@H](N[C@H](c2ccc(Br)cc2)C(F)(F)F)C1. The molecule has 0 bridgehead atoms. The molecule has 0 aromatic heterocycles. The van der Waals surface area contributed by atoms with E-state index in [1.54, 1.807) is 24.3 Å². The summed E-state index contributed by atoms with van der Waals surface area (Å²) in [7, 11) is 0. The van der Waals surface area contributed by atoms with Crippen LogP contribution in [-0.2, 0) is 0 Å². The van der Waals surface area contributed by atoms with Gasteiger partial charge in [-0.05, 0) is 36.5 Å². The quantitative estimate of drug-likeness (QED) is 0.118. The van der Waals surface area contributed by atoms with E-state index in [9.17, 15) is 26.3 Å². The van der Waals surface area contributed by atoms with Gasteiger partial charge in [-0.15, -0.1) is 12.4 Å². The van der Waals surface area contributed by atoms with Crippen molar-refractivity contribution in [3.63, 3.8) is 0 Å². The van der Waals surface area contributed by atoms with Crippen molar-refractivity contribution >= 4 is 44.3 Å². The monoisotopic (exact) mass is 876 g/mol. The average Bonchev–Trinajstić information content (AvgIpc) is 2.91. The van der Waals surface area contributed by atoms with Crippen LogP contribution in [0.15, 0.2) is 57.5 Å². The number of nitrogens with two attached hydrogens (primary N) is 1. The fourth-order valence-corrected chi connectivity index (χ4v) is 7.88. The van der Waals surface area contributed by atoms with Crippen molar-refractivity contribution in [3.05, 3.63) is 68.6 Å². The maximum absolute atomic E-state index is 13.4. The standard InChI is InChI=1S/C15H20BrF3IN2.C15H19BrF3N.ClH/c16-12-6-4-11(5-7-12)14(15(17,18)19)22-13-3-1-2-10(8-13)9-20-21;1-10-3-2-4-13(9-10)20-14(15(17,18)19)11-5-7-12(16)8-6-11;/h4-7,10,13-14,22H,1-3,8-9,21H2;5-8,10,13-14,20H,2-4,9H2,1H3;1H/q-1;;/t2*10-,13+,14-;/m11./s1. The molecule has 43 heavy (non-hydrogen) atoms. The molecule has 2 saturated carbocycles.